The summed E-state index contributed by atoms with van der Waals surface area (Å²) in [6.45, 7) is -0.253. The van der Waals surface area contributed by atoms with Gasteiger partial charge in [-0.3, -0.25) is 4.79 Å². The second-order valence-electron chi connectivity index (χ2n) is 3.24. The zero-order chi connectivity index (χ0) is 11.8. The van der Waals surface area contributed by atoms with Gasteiger partial charge in [0.05, 0.1) is 18.5 Å². The lowest BCUT2D eigenvalue weighted by Crippen LogP contribution is -2.34. The van der Waals surface area contributed by atoms with Crippen molar-refractivity contribution in [3.8, 4) is 0 Å². The monoisotopic (exact) mass is 241 g/mol. The van der Waals surface area contributed by atoms with E-state index in [0.717, 1.165) is 4.90 Å². The van der Waals surface area contributed by atoms with Gasteiger partial charge in [0, 0.05) is 11.4 Å². The van der Waals surface area contributed by atoms with Gasteiger partial charge in [-0.2, -0.15) is 0 Å². The topological polar surface area (TPSA) is 69.6 Å². The first-order chi connectivity index (χ1) is 7.72. The van der Waals surface area contributed by atoms with Gasteiger partial charge in [0.25, 0.3) is 0 Å². The second-order valence-corrected chi connectivity index (χ2v) is 4.29. The van der Waals surface area contributed by atoms with Crippen molar-refractivity contribution in [2.24, 2.45) is 0 Å². The van der Waals surface area contributed by atoms with Crippen molar-refractivity contribution < 1.29 is 15.0 Å². The van der Waals surface area contributed by atoms with E-state index in [-0.39, 0.29) is 19.1 Å². The summed E-state index contributed by atoms with van der Waals surface area (Å²) < 4.78 is 0. The van der Waals surface area contributed by atoms with E-state index in [0.29, 0.717) is 5.75 Å². The Hall–Kier alpha value is -1.04. The summed E-state index contributed by atoms with van der Waals surface area (Å²) in [5.41, 5.74) is 0. The number of benzene rings is 1. The third-order valence-electron chi connectivity index (χ3n) is 1.86. The van der Waals surface area contributed by atoms with E-state index >= 15 is 0 Å². The molecule has 4 nitrogen and oxygen atoms in total. The lowest BCUT2D eigenvalue weighted by atomic mass is 10.4. The van der Waals surface area contributed by atoms with Crippen LogP contribution in [0.15, 0.2) is 35.2 Å². The van der Waals surface area contributed by atoms with Crippen molar-refractivity contribution >= 4 is 17.7 Å². The molecule has 1 aromatic rings. The molecule has 0 aliphatic rings. The molecule has 3 N–H and O–H groups in total. The maximum absolute atomic E-state index is 11.3. The molecule has 0 aromatic heterocycles. The van der Waals surface area contributed by atoms with Crippen molar-refractivity contribution in [1.82, 2.24) is 5.32 Å². The molecule has 0 saturated heterocycles. The number of hydrogen-bond donors (Lipinski definition) is 3. The van der Waals surface area contributed by atoms with Crippen LogP contribution in [0.3, 0.4) is 0 Å². The fourth-order valence-electron chi connectivity index (χ4n) is 1.01. The summed E-state index contributed by atoms with van der Waals surface area (Å²) in [4.78, 5) is 12.3. The highest BCUT2D eigenvalue weighted by Crippen LogP contribution is 2.15. The van der Waals surface area contributed by atoms with E-state index in [1.807, 2.05) is 30.3 Å². The number of carbonyl (C=O) groups excluding carboxylic acids is 1. The molecule has 1 unspecified atom stereocenters. The molecule has 0 aliphatic heterocycles. The number of rotatable bonds is 6. The van der Waals surface area contributed by atoms with Gasteiger partial charge in [0.2, 0.25) is 5.91 Å². The molecule has 0 saturated carbocycles. The Morgan fingerprint density at radius 2 is 2.06 bits per heavy atom. The van der Waals surface area contributed by atoms with Gasteiger partial charge < -0.3 is 15.5 Å². The minimum absolute atomic E-state index is 0.0880. The largest absolute Gasteiger partial charge is 0.394 e. The number of thioether (sulfide) groups is 1. The van der Waals surface area contributed by atoms with Crippen LogP contribution in [0, 0.1) is 0 Å². The van der Waals surface area contributed by atoms with Crippen LogP contribution in [0.25, 0.3) is 0 Å². The maximum Gasteiger partial charge on any atom is 0.230 e. The molecule has 16 heavy (non-hydrogen) atoms. The highest BCUT2D eigenvalue weighted by Gasteiger charge is 2.05. The Labute approximate surface area is 98.7 Å². The van der Waals surface area contributed by atoms with Crippen LogP contribution in [-0.4, -0.2) is 41.1 Å². The van der Waals surface area contributed by atoms with Gasteiger partial charge in [-0.05, 0) is 12.1 Å². The summed E-state index contributed by atoms with van der Waals surface area (Å²) >= 11 is 1.43. The highest BCUT2D eigenvalue weighted by molar-refractivity contribution is 8.00. The number of carbonyl (C=O) groups is 1. The Morgan fingerprint density at radius 1 is 1.38 bits per heavy atom. The van der Waals surface area contributed by atoms with Crippen molar-refractivity contribution in [1.29, 1.82) is 0 Å². The molecule has 0 bridgehead atoms. The standard InChI is InChI=1S/C11H15NO3S/c13-7-9(14)6-12-11(15)8-16-10-4-2-1-3-5-10/h1-5,9,13-14H,6-8H2,(H,12,15). The van der Waals surface area contributed by atoms with Crippen LogP contribution in [0.5, 0.6) is 0 Å². The Bertz CT molecular complexity index is 318. The van der Waals surface area contributed by atoms with Crippen molar-refractivity contribution in [3.63, 3.8) is 0 Å². The molecule has 0 radical (unpaired) electrons. The maximum atomic E-state index is 11.3. The Morgan fingerprint density at radius 3 is 2.69 bits per heavy atom. The van der Waals surface area contributed by atoms with Gasteiger partial charge in [0.1, 0.15) is 0 Å². The fraction of sp³-hybridized carbons (Fsp3) is 0.364. The third-order valence-corrected chi connectivity index (χ3v) is 2.87. The summed E-state index contributed by atoms with van der Waals surface area (Å²) in [7, 11) is 0. The summed E-state index contributed by atoms with van der Waals surface area (Å²) in [5.74, 6) is 0.156. The minimum atomic E-state index is -0.884. The summed E-state index contributed by atoms with van der Waals surface area (Å²) in [6, 6.07) is 9.61. The highest BCUT2D eigenvalue weighted by atomic mass is 32.2. The predicted molar refractivity (Wildman–Crippen MR) is 63.3 cm³/mol. The van der Waals surface area contributed by atoms with Crippen LogP contribution in [0.1, 0.15) is 0 Å². The SMILES string of the molecule is O=C(CSc1ccccc1)NCC(O)CO. The van der Waals surface area contributed by atoms with E-state index < -0.39 is 6.10 Å². The predicted octanol–water partition coefficient (Wildman–Crippen LogP) is 0.248. The fourth-order valence-corrected chi connectivity index (χ4v) is 1.76. The molecular formula is C11H15NO3S. The quantitative estimate of drug-likeness (QED) is 0.624. The van der Waals surface area contributed by atoms with Gasteiger partial charge in [-0.1, -0.05) is 18.2 Å². The average Bonchev–Trinajstić information content (AvgIpc) is 2.34. The molecule has 1 amide bonds. The minimum Gasteiger partial charge on any atom is -0.394 e. The van der Waals surface area contributed by atoms with E-state index in [1.54, 1.807) is 0 Å². The third kappa shape index (κ3) is 5.16. The first-order valence-corrected chi connectivity index (χ1v) is 5.94. The van der Waals surface area contributed by atoms with Crippen LogP contribution in [0.4, 0.5) is 0 Å². The lowest BCUT2D eigenvalue weighted by molar-refractivity contribution is -0.119. The Balaban J connectivity index is 2.20. The molecule has 1 rings (SSSR count). The van der Waals surface area contributed by atoms with E-state index in [4.69, 9.17) is 10.2 Å². The van der Waals surface area contributed by atoms with Crippen LogP contribution in [0.2, 0.25) is 0 Å². The Kier molecular flexibility index (Phi) is 5.92. The van der Waals surface area contributed by atoms with Gasteiger partial charge >= 0.3 is 0 Å². The van der Waals surface area contributed by atoms with E-state index in [1.165, 1.54) is 11.8 Å². The number of aliphatic hydroxyl groups excluding tert-OH is 2. The molecule has 0 aliphatic carbocycles. The van der Waals surface area contributed by atoms with Crippen molar-refractivity contribution in [2.45, 2.75) is 11.0 Å². The van der Waals surface area contributed by atoms with Gasteiger partial charge in [-0.15, -0.1) is 11.8 Å². The number of amides is 1. The van der Waals surface area contributed by atoms with Crippen LogP contribution < -0.4 is 5.32 Å². The summed E-state index contributed by atoms with van der Waals surface area (Å²) in [6.07, 6.45) is -0.884. The number of hydrogen-bond acceptors (Lipinski definition) is 4. The zero-order valence-electron chi connectivity index (χ0n) is 8.80. The molecule has 0 heterocycles. The molecule has 1 aromatic carbocycles. The molecule has 88 valence electrons. The first kappa shape index (κ1) is 13.0. The van der Waals surface area contributed by atoms with Crippen molar-refractivity contribution in [2.75, 3.05) is 18.9 Å². The number of aliphatic hydroxyl groups is 2. The van der Waals surface area contributed by atoms with E-state index in [9.17, 15) is 4.79 Å². The summed E-state index contributed by atoms with van der Waals surface area (Å²) in [5, 5.41) is 20.1. The van der Waals surface area contributed by atoms with Crippen LogP contribution in [-0.2, 0) is 4.79 Å². The smallest absolute Gasteiger partial charge is 0.230 e. The molecule has 0 fully saturated rings. The zero-order valence-corrected chi connectivity index (χ0v) is 9.61. The van der Waals surface area contributed by atoms with Gasteiger partial charge in [-0.25, -0.2) is 0 Å². The van der Waals surface area contributed by atoms with Gasteiger partial charge in [0.15, 0.2) is 0 Å². The molecule has 5 heteroatoms. The second kappa shape index (κ2) is 7.27. The molecule has 1 atom stereocenters. The average molecular weight is 241 g/mol. The van der Waals surface area contributed by atoms with E-state index in [2.05, 4.69) is 5.32 Å². The molecule has 0 spiro atoms. The lowest BCUT2D eigenvalue weighted by Gasteiger charge is -2.08. The first-order valence-electron chi connectivity index (χ1n) is 4.96. The molecular weight excluding hydrogens is 226 g/mol. The van der Waals surface area contributed by atoms with Crippen LogP contribution >= 0.6 is 11.8 Å². The number of nitrogens with one attached hydrogen (secondary N) is 1. The normalized spacial score (nSPS) is 12.1. The van der Waals surface area contributed by atoms with Crippen molar-refractivity contribution in [3.05, 3.63) is 30.3 Å².